The zero-order chi connectivity index (χ0) is 12.8. The maximum atomic E-state index is 6.02. The molecule has 2 atom stereocenters. The highest BCUT2D eigenvalue weighted by Gasteiger charge is 2.22. The van der Waals surface area contributed by atoms with E-state index in [9.17, 15) is 0 Å². The number of hydrogen-bond acceptors (Lipinski definition) is 3. The Kier molecular flexibility index (Phi) is 4.85. The minimum Gasteiger partial charge on any atom is -0.474 e. The number of ether oxygens (including phenoxy) is 1. The Morgan fingerprint density at radius 1 is 1.33 bits per heavy atom. The van der Waals surface area contributed by atoms with Gasteiger partial charge in [0.05, 0.1) is 0 Å². The van der Waals surface area contributed by atoms with E-state index in [0.717, 1.165) is 24.2 Å². The van der Waals surface area contributed by atoms with Crippen molar-refractivity contribution in [1.29, 1.82) is 0 Å². The van der Waals surface area contributed by atoms with Crippen LogP contribution in [-0.4, -0.2) is 17.6 Å². The van der Waals surface area contributed by atoms with E-state index in [4.69, 9.17) is 4.74 Å². The lowest BCUT2D eigenvalue weighted by molar-refractivity contribution is 0.117. The van der Waals surface area contributed by atoms with Crippen LogP contribution in [0.2, 0.25) is 0 Å². The molecule has 1 heterocycles. The standard InChI is InChI=1S/C15H24N2O/c1-3-12-7-5-8-13(11-12)18-15-10-6-9-14(17-15)16-4-2/h6,9-10,12-13H,3-5,7-8,11H2,1-2H3,(H,16,17). The second-order valence-electron chi connectivity index (χ2n) is 5.07. The molecule has 1 aromatic heterocycles. The number of anilines is 1. The van der Waals surface area contributed by atoms with Crippen LogP contribution >= 0.6 is 0 Å². The minimum absolute atomic E-state index is 0.355. The molecule has 0 radical (unpaired) electrons. The van der Waals surface area contributed by atoms with Crippen molar-refractivity contribution in [2.45, 2.75) is 52.1 Å². The molecule has 1 saturated carbocycles. The largest absolute Gasteiger partial charge is 0.474 e. The first-order chi connectivity index (χ1) is 8.81. The van der Waals surface area contributed by atoms with Crippen molar-refractivity contribution in [2.75, 3.05) is 11.9 Å². The van der Waals surface area contributed by atoms with Gasteiger partial charge in [-0.2, -0.15) is 4.98 Å². The van der Waals surface area contributed by atoms with Gasteiger partial charge >= 0.3 is 0 Å². The Labute approximate surface area is 110 Å². The lowest BCUT2D eigenvalue weighted by Gasteiger charge is -2.28. The van der Waals surface area contributed by atoms with E-state index in [1.165, 1.54) is 32.1 Å². The highest BCUT2D eigenvalue weighted by molar-refractivity contribution is 5.36. The number of aromatic nitrogens is 1. The van der Waals surface area contributed by atoms with E-state index in [1.807, 2.05) is 18.2 Å². The number of rotatable bonds is 5. The zero-order valence-electron chi connectivity index (χ0n) is 11.5. The van der Waals surface area contributed by atoms with Gasteiger partial charge in [-0.1, -0.05) is 25.8 Å². The first-order valence-electron chi connectivity index (χ1n) is 7.19. The predicted octanol–water partition coefficient (Wildman–Crippen LogP) is 3.86. The molecule has 3 nitrogen and oxygen atoms in total. The van der Waals surface area contributed by atoms with Crippen molar-refractivity contribution in [2.24, 2.45) is 5.92 Å². The van der Waals surface area contributed by atoms with Crippen molar-refractivity contribution in [3.05, 3.63) is 18.2 Å². The molecule has 0 bridgehead atoms. The van der Waals surface area contributed by atoms with Gasteiger partial charge in [0.15, 0.2) is 0 Å². The molecule has 1 N–H and O–H groups in total. The molecule has 2 unspecified atom stereocenters. The van der Waals surface area contributed by atoms with Crippen LogP contribution < -0.4 is 10.1 Å². The maximum absolute atomic E-state index is 6.02. The van der Waals surface area contributed by atoms with Gasteiger partial charge in [0, 0.05) is 12.6 Å². The summed E-state index contributed by atoms with van der Waals surface area (Å²) in [7, 11) is 0. The number of nitrogens with zero attached hydrogens (tertiary/aromatic N) is 1. The normalized spacial score (nSPS) is 23.7. The Morgan fingerprint density at radius 2 is 2.22 bits per heavy atom. The summed E-state index contributed by atoms with van der Waals surface area (Å²) in [5, 5.41) is 3.21. The van der Waals surface area contributed by atoms with Crippen molar-refractivity contribution < 1.29 is 4.74 Å². The average Bonchev–Trinajstić information content (AvgIpc) is 2.40. The number of pyridine rings is 1. The summed E-state index contributed by atoms with van der Waals surface area (Å²) < 4.78 is 6.02. The lowest BCUT2D eigenvalue weighted by Crippen LogP contribution is -2.25. The first-order valence-corrected chi connectivity index (χ1v) is 7.19. The molecular weight excluding hydrogens is 224 g/mol. The Hall–Kier alpha value is -1.25. The third-order valence-corrected chi connectivity index (χ3v) is 3.68. The van der Waals surface area contributed by atoms with Crippen molar-refractivity contribution in [3.8, 4) is 5.88 Å². The fourth-order valence-corrected chi connectivity index (χ4v) is 2.65. The van der Waals surface area contributed by atoms with Gasteiger partial charge in [0.2, 0.25) is 5.88 Å². The van der Waals surface area contributed by atoms with E-state index in [2.05, 4.69) is 24.1 Å². The molecule has 1 aliphatic rings. The van der Waals surface area contributed by atoms with Gasteiger partial charge in [0.1, 0.15) is 11.9 Å². The highest BCUT2D eigenvalue weighted by Crippen LogP contribution is 2.29. The van der Waals surface area contributed by atoms with Crippen LogP contribution in [0.25, 0.3) is 0 Å². The Morgan fingerprint density at radius 3 is 3.00 bits per heavy atom. The Bertz CT molecular complexity index is 367. The fourth-order valence-electron chi connectivity index (χ4n) is 2.65. The van der Waals surface area contributed by atoms with Crippen LogP contribution in [0.15, 0.2) is 18.2 Å². The number of nitrogens with one attached hydrogen (secondary N) is 1. The summed E-state index contributed by atoms with van der Waals surface area (Å²) in [4.78, 5) is 4.47. The molecule has 100 valence electrons. The van der Waals surface area contributed by atoms with Crippen LogP contribution in [0.4, 0.5) is 5.82 Å². The third-order valence-electron chi connectivity index (χ3n) is 3.68. The van der Waals surface area contributed by atoms with Crippen molar-refractivity contribution in [3.63, 3.8) is 0 Å². The average molecular weight is 248 g/mol. The van der Waals surface area contributed by atoms with E-state index in [0.29, 0.717) is 6.10 Å². The monoisotopic (exact) mass is 248 g/mol. The SMILES string of the molecule is CCNc1cccc(OC2CCCC(CC)C2)n1. The van der Waals surface area contributed by atoms with Crippen LogP contribution in [-0.2, 0) is 0 Å². The van der Waals surface area contributed by atoms with Crippen LogP contribution in [0, 0.1) is 5.92 Å². The highest BCUT2D eigenvalue weighted by atomic mass is 16.5. The molecule has 0 spiro atoms. The van der Waals surface area contributed by atoms with Crippen molar-refractivity contribution in [1.82, 2.24) is 4.98 Å². The molecule has 3 heteroatoms. The number of hydrogen-bond donors (Lipinski definition) is 1. The molecule has 0 aliphatic heterocycles. The van der Waals surface area contributed by atoms with E-state index < -0.39 is 0 Å². The third kappa shape index (κ3) is 3.62. The lowest BCUT2D eigenvalue weighted by atomic mass is 9.85. The predicted molar refractivity (Wildman–Crippen MR) is 75.1 cm³/mol. The topological polar surface area (TPSA) is 34.1 Å². The van der Waals surface area contributed by atoms with Crippen molar-refractivity contribution >= 4 is 5.82 Å². The molecule has 0 saturated heterocycles. The summed E-state index contributed by atoms with van der Waals surface area (Å²) >= 11 is 0. The van der Waals surface area contributed by atoms with E-state index in [-0.39, 0.29) is 0 Å². The van der Waals surface area contributed by atoms with Crippen LogP contribution in [0.5, 0.6) is 5.88 Å². The van der Waals surface area contributed by atoms with Crippen LogP contribution in [0.3, 0.4) is 0 Å². The molecule has 2 rings (SSSR count). The quantitative estimate of drug-likeness (QED) is 0.859. The van der Waals surface area contributed by atoms with Crippen LogP contribution in [0.1, 0.15) is 46.0 Å². The second kappa shape index (κ2) is 6.62. The van der Waals surface area contributed by atoms with Gasteiger partial charge in [-0.25, -0.2) is 0 Å². The minimum atomic E-state index is 0.355. The van der Waals surface area contributed by atoms with Gasteiger partial charge in [-0.05, 0) is 38.2 Å². The summed E-state index contributed by atoms with van der Waals surface area (Å²) in [5.41, 5.74) is 0. The molecule has 18 heavy (non-hydrogen) atoms. The fraction of sp³-hybridized carbons (Fsp3) is 0.667. The summed E-state index contributed by atoms with van der Waals surface area (Å²) in [5.74, 6) is 2.49. The molecule has 1 fully saturated rings. The second-order valence-corrected chi connectivity index (χ2v) is 5.07. The Balaban J connectivity index is 1.93. The van der Waals surface area contributed by atoms with E-state index in [1.54, 1.807) is 0 Å². The maximum Gasteiger partial charge on any atom is 0.215 e. The summed E-state index contributed by atoms with van der Waals surface area (Å²) in [6.07, 6.45) is 6.63. The zero-order valence-corrected chi connectivity index (χ0v) is 11.5. The molecule has 0 amide bonds. The van der Waals surface area contributed by atoms with Gasteiger partial charge in [-0.15, -0.1) is 0 Å². The first kappa shape index (κ1) is 13.2. The summed E-state index contributed by atoms with van der Waals surface area (Å²) in [6, 6.07) is 5.93. The van der Waals surface area contributed by atoms with E-state index >= 15 is 0 Å². The molecule has 0 aromatic carbocycles. The molecule has 1 aromatic rings. The van der Waals surface area contributed by atoms with Gasteiger partial charge in [0.25, 0.3) is 0 Å². The smallest absolute Gasteiger partial charge is 0.215 e. The molecule has 1 aliphatic carbocycles. The summed E-state index contributed by atoms with van der Waals surface area (Å²) in [6.45, 7) is 5.23. The van der Waals surface area contributed by atoms with Gasteiger partial charge in [-0.3, -0.25) is 0 Å². The molecular formula is C15H24N2O. The van der Waals surface area contributed by atoms with Gasteiger partial charge < -0.3 is 10.1 Å².